The normalized spacial score (nSPS) is 21.0. The Balaban J connectivity index is 2.16. The van der Waals surface area contributed by atoms with Crippen LogP contribution >= 0.6 is 0 Å². The molecule has 0 fully saturated rings. The lowest BCUT2D eigenvalue weighted by Crippen LogP contribution is -2.27. The molecule has 19 heavy (non-hydrogen) atoms. The minimum atomic E-state index is -3.17. The van der Waals surface area contributed by atoms with Gasteiger partial charge in [0.15, 0.2) is 9.84 Å². The monoisotopic (exact) mass is 270 g/mol. The van der Waals surface area contributed by atoms with Crippen LogP contribution in [0.15, 0.2) is 65.6 Å². The van der Waals surface area contributed by atoms with Gasteiger partial charge in [-0.15, -0.1) is 0 Å². The molecule has 1 atom stereocenters. The maximum Gasteiger partial charge on any atom is 0.185 e. The predicted molar refractivity (Wildman–Crippen MR) is 77.1 cm³/mol. The summed E-state index contributed by atoms with van der Waals surface area (Å²) in [4.78, 5) is 0.493. The highest BCUT2D eigenvalue weighted by molar-refractivity contribution is 7.97. The van der Waals surface area contributed by atoms with E-state index in [4.69, 9.17) is 0 Å². The molecule has 96 valence electrons. The van der Waals surface area contributed by atoms with E-state index in [2.05, 4.69) is 0 Å². The van der Waals surface area contributed by atoms with Crippen LogP contribution in [0, 0.1) is 0 Å². The maximum absolute atomic E-state index is 12.3. The van der Waals surface area contributed by atoms with Crippen molar-refractivity contribution >= 4 is 15.4 Å². The molecule has 3 rings (SSSR count). The fourth-order valence-electron chi connectivity index (χ4n) is 2.56. The van der Waals surface area contributed by atoms with Crippen molar-refractivity contribution in [1.29, 1.82) is 0 Å². The van der Waals surface area contributed by atoms with Crippen molar-refractivity contribution in [2.45, 2.75) is 12.2 Å². The molecule has 0 saturated heterocycles. The highest BCUT2D eigenvalue weighted by Crippen LogP contribution is 2.50. The molecule has 2 aromatic rings. The van der Waals surface area contributed by atoms with Crippen molar-refractivity contribution in [3.8, 4) is 0 Å². The Hall–Kier alpha value is -1.87. The van der Waals surface area contributed by atoms with Gasteiger partial charge in [-0.1, -0.05) is 60.7 Å². The standard InChI is InChI=1S/C16H14O2S/c1-12-15(13-8-4-2-5-9-13)16(19(12,17)18)14-10-6-3-7-11-14/h2-11,16H,1H3. The molecule has 0 aliphatic carbocycles. The molecular weight excluding hydrogens is 256 g/mol. The van der Waals surface area contributed by atoms with Crippen molar-refractivity contribution in [2.75, 3.05) is 0 Å². The number of hydrogen-bond acceptors (Lipinski definition) is 2. The number of hydrogen-bond donors (Lipinski definition) is 0. The Bertz CT molecular complexity index is 729. The highest BCUT2D eigenvalue weighted by Gasteiger charge is 2.44. The van der Waals surface area contributed by atoms with E-state index in [1.807, 2.05) is 60.7 Å². The zero-order valence-electron chi connectivity index (χ0n) is 10.6. The van der Waals surface area contributed by atoms with Gasteiger partial charge >= 0.3 is 0 Å². The van der Waals surface area contributed by atoms with E-state index < -0.39 is 15.1 Å². The summed E-state index contributed by atoms with van der Waals surface area (Å²) in [6, 6.07) is 19.1. The van der Waals surface area contributed by atoms with Gasteiger partial charge in [-0.25, -0.2) is 8.42 Å². The summed E-state index contributed by atoms with van der Waals surface area (Å²) in [5.41, 5.74) is 2.75. The van der Waals surface area contributed by atoms with Gasteiger partial charge in [-0.3, -0.25) is 0 Å². The molecular formula is C16H14O2S. The number of allylic oxidation sites excluding steroid dienone is 1. The molecule has 3 heteroatoms. The quantitative estimate of drug-likeness (QED) is 0.835. The SMILES string of the molecule is CC1=C(c2ccccc2)C(c2ccccc2)S1(=O)=O. The first-order chi connectivity index (χ1) is 9.12. The Labute approximate surface area is 113 Å². The second-order valence-electron chi connectivity index (χ2n) is 4.67. The molecule has 2 nitrogen and oxygen atoms in total. The molecule has 1 aliphatic rings. The van der Waals surface area contributed by atoms with Crippen molar-refractivity contribution in [3.63, 3.8) is 0 Å². The second kappa shape index (κ2) is 4.35. The summed E-state index contributed by atoms with van der Waals surface area (Å²) in [5, 5.41) is -0.518. The van der Waals surface area contributed by atoms with E-state index in [9.17, 15) is 8.42 Å². The lowest BCUT2D eigenvalue weighted by molar-refractivity contribution is 0.592. The van der Waals surface area contributed by atoms with Crippen LogP contribution < -0.4 is 0 Å². The summed E-state index contributed by atoms with van der Waals surface area (Å²) in [7, 11) is -3.17. The topological polar surface area (TPSA) is 34.1 Å². The van der Waals surface area contributed by atoms with Gasteiger partial charge in [0, 0.05) is 4.91 Å². The second-order valence-corrected chi connectivity index (χ2v) is 6.85. The zero-order chi connectivity index (χ0) is 13.5. The summed E-state index contributed by atoms with van der Waals surface area (Å²) in [5.74, 6) is 0. The average Bonchev–Trinajstić information content (AvgIpc) is 2.45. The lowest BCUT2D eigenvalue weighted by Gasteiger charge is -2.32. The summed E-state index contributed by atoms with van der Waals surface area (Å²) >= 11 is 0. The molecule has 0 spiro atoms. The largest absolute Gasteiger partial charge is 0.223 e. The van der Waals surface area contributed by atoms with E-state index in [0.29, 0.717) is 4.91 Å². The summed E-state index contributed by atoms with van der Waals surface area (Å²) in [6.45, 7) is 1.69. The molecule has 1 aliphatic heterocycles. The third-order valence-corrected chi connectivity index (χ3v) is 5.77. The van der Waals surface area contributed by atoms with Gasteiger partial charge in [0.25, 0.3) is 0 Å². The van der Waals surface area contributed by atoms with Crippen LogP contribution in [0.2, 0.25) is 0 Å². The van der Waals surface area contributed by atoms with Crippen LogP contribution in [0.5, 0.6) is 0 Å². The highest BCUT2D eigenvalue weighted by atomic mass is 32.2. The molecule has 1 unspecified atom stereocenters. The zero-order valence-corrected chi connectivity index (χ0v) is 11.4. The van der Waals surface area contributed by atoms with Gasteiger partial charge in [0.1, 0.15) is 5.25 Å². The van der Waals surface area contributed by atoms with E-state index >= 15 is 0 Å². The molecule has 0 aromatic heterocycles. The van der Waals surface area contributed by atoms with Crippen LogP contribution in [0.1, 0.15) is 23.3 Å². The van der Waals surface area contributed by atoms with Crippen LogP contribution in [0.25, 0.3) is 5.57 Å². The molecule has 0 bridgehead atoms. The fraction of sp³-hybridized carbons (Fsp3) is 0.125. The van der Waals surface area contributed by atoms with Crippen LogP contribution in [-0.2, 0) is 9.84 Å². The van der Waals surface area contributed by atoms with Crippen molar-refractivity contribution < 1.29 is 8.42 Å². The first kappa shape index (κ1) is 12.2. The Kier molecular flexibility index (Phi) is 2.79. The Morgan fingerprint density at radius 2 is 1.37 bits per heavy atom. The maximum atomic E-state index is 12.3. The van der Waals surface area contributed by atoms with E-state index in [1.165, 1.54) is 0 Å². The van der Waals surface area contributed by atoms with Crippen LogP contribution in [-0.4, -0.2) is 8.42 Å². The minimum Gasteiger partial charge on any atom is -0.223 e. The lowest BCUT2D eigenvalue weighted by atomic mass is 9.96. The van der Waals surface area contributed by atoms with Crippen LogP contribution in [0.4, 0.5) is 0 Å². The molecule has 0 N–H and O–H groups in total. The molecule has 0 radical (unpaired) electrons. The number of benzene rings is 2. The fourth-order valence-corrected chi connectivity index (χ4v) is 4.41. The van der Waals surface area contributed by atoms with Gasteiger partial charge < -0.3 is 0 Å². The van der Waals surface area contributed by atoms with Gasteiger partial charge in [-0.05, 0) is 23.6 Å². The van der Waals surface area contributed by atoms with Gasteiger partial charge in [0.2, 0.25) is 0 Å². The van der Waals surface area contributed by atoms with E-state index in [1.54, 1.807) is 6.92 Å². The summed E-state index contributed by atoms with van der Waals surface area (Å²) in [6.07, 6.45) is 0. The average molecular weight is 270 g/mol. The van der Waals surface area contributed by atoms with E-state index in [-0.39, 0.29) is 0 Å². The first-order valence-electron chi connectivity index (χ1n) is 6.17. The Morgan fingerprint density at radius 1 is 0.842 bits per heavy atom. The van der Waals surface area contributed by atoms with E-state index in [0.717, 1.165) is 16.7 Å². The third kappa shape index (κ3) is 1.81. The molecule has 1 heterocycles. The minimum absolute atomic E-state index is 0.493. The van der Waals surface area contributed by atoms with Crippen LogP contribution in [0.3, 0.4) is 0 Å². The molecule has 0 amide bonds. The Morgan fingerprint density at radius 3 is 1.95 bits per heavy atom. The molecule has 2 aromatic carbocycles. The van der Waals surface area contributed by atoms with Crippen molar-refractivity contribution in [3.05, 3.63) is 76.7 Å². The number of sulfone groups is 1. The van der Waals surface area contributed by atoms with Gasteiger partial charge in [-0.2, -0.15) is 0 Å². The molecule has 0 saturated carbocycles. The van der Waals surface area contributed by atoms with Gasteiger partial charge in [0.05, 0.1) is 0 Å². The van der Waals surface area contributed by atoms with Crippen molar-refractivity contribution in [1.82, 2.24) is 0 Å². The first-order valence-corrected chi connectivity index (χ1v) is 7.72. The predicted octanol–water partition coefficient (Wildman–Crippen LogP) is 3.59. The smallest absolute Gasteiger partial charge is 0.185 e. The summed E-state index contributed by atoms with van der Waals surface area (Å²) < 4.78 is 24.6. The van der Waals surface area contributed by atoms with Crippen molar-refractivity contribution in [2.24, 2.45) is 0 Å². The number of rotatable bonds is 2. The third-order valence-electron chi connectivity index (χ3n) is 3.57.